The molecule has 0 radical (unpaired) electrons. The van der Waals surface area contributed by atoms with Crippen LogP contribution in [0.25, 0.3) is 17.0 Å². The quantitative estimate of drug-likeness (QED) is 0.473. The number of para-hydroxylation sites is 1. The summed E-state index contributed by atoms with van der Waals surface area (Å²) in [5.41, 5.74) is 2.33. The Labute approximate surface area is 162 Å². The number of hydrogen-bond acceptors (Lipinski definition) is 4. The van der Waals surface area contributed by atoms with E-state index in [9.17, 15) is 14.7 Å². The summed E-state index contributed by atoms with van der Waals surface area (Å²) in [6.07, 6.45) is 4.78. The third-order valence-corrected chi connectivity index (χ3v) is 4.19. The Morgan fingerprint density at radius 2 is 2.04 bits per heavy atom. The summed E-state index contributed by atoms with van der Waals surface area (Å²) in [4.78, 5) is 27.6. The maximum atomic E-state index is 12.3. The number of aromatic amines is 1. The van der Waals surface area contributed by atoms with E-state index in [1.165, 1.54) is 13.2 Å². The molecule has 0 fully saturated rings. The highest BCUT2D eigenvalue weighted by Crippen LogP contribution is 2.19. The number of fused-ring (bicyclic) bond motifs is 1. The van der Waals surface area contributed by atoms with Crippen molar-refractivity contribution in [3.63, 3.8) is 0 Å². The number of rotatable bonds is 7. The zero-order valence-electron chi connectivity index (χ0n) is 15.3. The number of carbonyl (C=O) groups is 2. The molecule has 0 saturated heterocycles. The first-order valence-electron chi connectivity index (χ1n) is 8.71. The van der Waals surface area contributed by atoms with Crippen LogP contribution >= 0.6 is 0 Å². The van der Waals surface area contributed by atoms with E-state index in [0.29, 0.717) is 11.4 Å². The van der Waals surface area contributed by atoms with E-state index in [4.69, 9.17) is 4.74 Å². The maximum absolute atomic E-state index is 12.3. The van der Waals surface area contributed by atoms with Gasteiger partial charge in [0, 0.05) is 34.9 Å². The van der Waals surface area contributed by atoms with Crippen LogP contribution < -0.4 is 15.4 Å². The SMILES string of the molecule is COc1cccc(NC(=O)[C@H](CO)NC(=O)C=Cc2c[nH]c3ccccc23)c1. The molecule has 3 aromatic rings. The molecular weight excluding hydrogens is 358 g/mol. The zero-order chi connectivity index (χ0) is 19.9. The van der Waals surface area contributed by atoms with Gasteiger partial charge in [-0.1, -0.05) is 24.3 Å². The Morgan fingerprint density at radius 1 is 1.21 bits per heavy atom. The molecule has 0 aliphatic rings. The molecule has 3 rings (SSSR count). The standard InChI is InChI=1S/C21H21N3O4/c1-28-16-6-4-5-15(11-16)23-21(27)19(13-25)24-20(26)10-9-14-12-22-18-8-3-2-7-17(14)18/h2-12,19,22,25H,13H2,1H3,(H,23,27)(H,24,26)/t19-/m0/s1. The lowest BCUT2D eigenvalue weighted by Gasteiger charge is -2.15. The Bertz CT molecular complexity index is 1010. The van der Waals surface area contributed by atoms with Gasteiger partial charge in [0.2, 0.25) is 11.8 Å². The average molecular weight is 379 g/mol. The number of aliphatic hydroxyl groups excluding tert-OH is 1. The molecule has 0 aliphatic heterocycles. The van der Waals surface area contributed by atoms with Gasteiger partial charge in [0.1, 0.15) is 11.8 Å². The number of benzene rings is 2. The second-order valence-electron chi connectivity index (χ2n) is 6.09. The fraction of sp³-hybridized carbons (Fsp3) is 0.143. The van der Waals surface area contributed by atoms with Crippen molar-refractivity contribution in [1.29, 1.82) is 0 Å². The molecule has 0 unspecified atom stereocenters. The van der Waals surface area contributed by atoms with E-state index < -0.39 is 24.5 Å². The number of aromatic nitrogens is 1. The average Bonchev–Trinajstić information content (AvgIpc) is 3.13. The summed E-state index contributed by atoms with van der Waals surface area (Å²) in [5.74, 6) is -0.418. The van der Waals surface area contributed by atoms with E-state index >= 15 is 0 Å². The smallest absolute Gasteiger partial charge is 0.249 e. The van der Waals surface area contributed by atoms with Gasteiger partial charge in [0.05, 0.1) is 13.7 Å². The van der Waals surface area contributed by atoms with Gasteiger partial charge in [0.15, 0.2) is 0 Å². The molecule has 0 aliphatic carbocycles. The third-order valence-electron chi connectivity index (χ3n) is 4.19. The first-order valence-corrected chi connectivity index (χ1v) is 8.71. The minimum absolute atomic E-state index is 0.481. The fourth-order valence-corrected chi connectivity index (χ4v) is 2.74. The number of hydrogen-bond donors (Lipinski definition) is 4. The van der Waals surface area contributed by atoms with Gasteiger partial charge in [-0.2, -0.15) is 0 Å². The minimum Gasteiger partial charge on any atom is -0.497 e. The van der Waals surface area contributed by atoms with Gasteiger partial charge in [0.25, 0.3) is 0 Å². The van der Waals surface area contributed by atoms with Crippen LogP contribution in [0.4, 0.5) is 5.69 Å². The summed E-state index contributed by atoms with van der Waals surface area (Å²) >= 11 is 0. The molecule has 0 spiro atoms. The van der Waals surface area contributed by atoms with Crippen molar-refractivity contribution in [2.45, 2.75) is 6.04 Å². The van der Waals surface area contributed by atoms with Crippen LogP contribution in [-0.4, -0.2) is 41.7 Å². The number of carbonyl (C=O) groups excluding carboxylic acids is 2. The Hall–Kier alpha value is -3.58. The Morgan fingerprint density at radius 3 is 2.82 bits per heavy atom. The van der Waals surface area contributed by atoms with E-state index in [-0.39, 0.29) is 0 Å². The van der Waals surface area contributed by atoms with Crippen molar-refractivity contribution in [2.24, 2.45) is 0 Å². The van der Waals surface area contributed by atoms with E-state index in [1.807, 2.05) is 24.3 Å². The molecule has 7 nitrogen and oxygen atoms in total. The third kappa shape index (κ3) is 4.57. The highest BCUT2D eigenvalue weighted by molar-refractivity contribution is 6.01. The molecule has 2 aromatic carbocycles. The predicted octanol–water partition coefficient (Wildman–Crippen LogP) is 2.31. The molecule has 1 aromatic heterocycles. The lowest BCUT2D eigenvalue weighted by atomic mass is 10.1. The lowest BCUT2D eigenvalue weighted by Crippen LogP contribution is -2.45. The molecule has 1 heterocycles. The van der Waals surface area contributed by atoms with E-state index in [1.54, 1.807) is 36.5 Å². The number of aliphatic hydroxyl groups is 1. The molecule has 1 atom stereocenters. The second kappa shape index (κ2) is 8.88. The molecular formula is C21H21N3O4. The number of methoxy groups -OCH3 is 1. The monoisotopic (exact) mass is 379 g/mol. The van der Waals surface area contributed by atoms with Crippen molar-refractivity contribution in [3.8, 4) is 5.75 Å². The molecule has 0 saturated carbocycles. The molecule has 0 bridgehead atoms. The summed E-state index contributed by atoms with van der Waals surface area (Å²) in [6, 6.07) is 13.5. The highest BCUT2D eigenvalue weighted by Gasteiger charge is 2.19. The van der Waals surface area contributed by atoms with Crippen LogP contribution in [0.1, 0.15) is 5.56 Å². The van der Waals surface area contributed by atoms with Crippen molar-refractivity contribution >= 4 is 34.5 Å². The predicted molar refractivity (Wildman–Crippen MR) is 108 cm³/mol. The van der Waals surface area contributed by atoms with Gasteiger partial charge >= 0.3 is 0 Å². The summed E-state index contributed by atoms with van der Waals surface area (Å²) in [5, 5.41) is 15.6. The van der Waals surface area contributed by atoms with Gasteiger partial charge in [-0.25, -0.2) is 0 Å². The van der Waals surface area contributed by atoms with Crippen molar-refractivity contribution in [1.82, 2.24) is 10.3 Å². The van der Waals surface area contributed by atoms with E-state index in [0.717, 1.165) is 16.5 Å². The van der Waals surface area contributed by atoms with Gasteiger partial charge in [-0.05, 0) is 29.8 Å². The number of ether oxygens (including phenoxy) is 1. The highest BCUT2D eigenvalue weighted by atomic mass is 16.5. The van der Waals surface area contributed by atoms with Crippen LogP contribution in [0.15, 0.2) is 60.8 Å². The maximum Gasteiger partial charge on any atom is 0.249 e. The number of anilines is 1. The first-order chi connectivity index (χ1) is 13.6. The summed E-state index contributed by atoms with van der Waals surface area (Å²) < 4.78 is 5.10. The summed E-state index contributed by atoms with van der Waals surface area (Å²) in [7, 11) is 1.53. The molecule has 2 amide bonds. The second-order valence-corrected chi connectivity index (χ2v) is 6.09. The first kappa shape index (κ1) is 19.2. The Balaban J connectivity index is 1.63. The fourth-order valence-electron chi connectivity index (χ4n) is 2.74. The lowest BCUT2D eigenvalue weighted by molar-refractivity contribution is -0.124. The summed E-state index contributed by atoms with van der Waals surface area (Å²) in [6.45, 7) is -0.525. The number of H-pyrrole nitrogens is 1. The normalized spacial score (nSPS) is 12.1. The largest absolute Gasteiger partial charge is 0.497 e. The topological polar surface area (TPSA) is 103 Å². The number of nitrogens with one attached hydrogen (secondary N) is 3. The van der Waals surface area contributed by atoms with Crippen LogP contribution in [-0.2, 0) is 9.59 Å². The molecule has 28 heavy (non-hydrogen) atoms. The van der Waals surface area contributed by atoms with E-state index in [2.05, 4.69) is 15.6 Å². The van der Waals surface area contributed by atoms with Crippen LogP contribution in [0.5, 0.6) is 5.75 Å². The van der Waals surface area contributed by atoms with Gasteiger partial charge in [-0.3, -0.25) is 9.59 Å². The van der Waals surface area contributed by atoms with Crippen molar-refractivity contribution < 1.29 is 19.4 Å². The van der Waals surface area contributed by atoms with Crippen LogP contribution in [0.2, 0.25) is 0 Å². The van der Waals surface area contributed by atoms with Crippen molar-refractivity contribution in [3.05, 3.63) is 66.4 Å². The van der Waals surface area contributed by atoms with Crippen LogP contribution in [0.3, 0.4) is 0 Å². The molecule has 7 heteroatoms. The van der Waals surface area contributed by atoms with Gasteiger partial charge in [-0.15, -0.1) is 0 Å². The minimum atomic E-state index is -1.08. The number of amides is 2. The molecule has 144 valence electrons. The Kier molecular flexibility index (Phi) is 6.08. The van der Waals surface area contributed by atoms with Crippen molar-refractivity contribution in [2.75, 3.05) is 19.0 Å². The van der Waals surface area contributed by atoms with Gasteiger partial charge < -0.3 is 25.5 Å². The molecule has 4 N–H and O–H groups in total. The zero-order valence-corrected chi connectivity index (χ0v) is 15.3. The van der Waals surface area contributed by atoms with Crippen LogP contribution in [0, 0.1) is 0 Å².